The molecule has 0 spiro atoms. The molecule has 0 bridgehead atoms. The second-order valence-corrected chi connectivity index (χ2v) is 9.48. The van der Waals surface area contributed by atoms with Gasteiger partial charge in [-0.25, -0.2) is 22.0 Å². The third-order valence-electron chi connectivity index (χ3n) is 4.18. The Kier molecular flexibility index (Phi) is 6.13. The zero-order valence-electron chi connectivity index (χ0n) is 13.8. The van der Waals surface area contributed by atoms with E-state index < -0.39 is 25.6 Å². The van der Waals surface area contributed by atoms with E-state index in [4.69, 9.17) is 5.14 Å². The maximum atomic E-state index is 12.6. The van der Waals surface area contributed by atoms with Gasteiger partial charge in [-0.3, -0.25) is 0 Å². The molecule has 9 nitrogen and oxygen atoms in total. The minimum absolute atomic E-state index is 0.137. The number of anilines is 1. The molecule has 1 heterocycles. The molecule has 0 radical (unpaired) electrons. The van der Waals surface area contributed by atoms with Crippen molar-refractivity contribution >= 4 is 31.4 Å². The first-order valence-corrected chi connectivity index (χ1v) is 10.7. The van der Waals surface area contributed by atoms with Crippen LogP contribution >= 0.6 is 0 Å². The van der Waals surface area contributed by atoms with E-state index in [0.29, 0.717) is 4.31 Å². The van der Waals surface area contributed by atoms with Crippen LogP contribution < -0.4 is 10.5 Å². The van der Waals surface area contributed by atoms with E-state index in [1.54, 1.807) is 0 Å². The Labute approximate surface area is 153 Å². The summed E-state index contributed by atoms with van der Waals surface area (Å²) in [6, 6.07) is 3.49. The summed E-state index contributed by atoms with van der Waals surface area (Å²) in [6.45, 7) is -0.286. The topological polar surface area (TPSA) is 139 Å². The number of rotatable bonds is 6. The first-order valence-electron chi connectivity index (χ1n) is 7.67. The highest BCUT2D eigenvalue weighted by Crippen LogP contribution is 2.31. The van der Waals surface area contributed by atoms with Crippen molar-refractivity contribution in [1.82, 2.24) is 4.31 Å². The van der Waals surface area contributed by atoms with Crippen LogP contribution in [0.5, 0.6) is 0 Å². The Morgan fingerprint density at radius 1 is 1.19 bits per heavy atom. The van der Waals surface area contributed by atoms with Crippen molar-refractivity contribution in [3.63, 3.8) is 0 Å². The quantitative estimate of drug-likeness (QED) is 0.659. The Morgan fingerprint density at radius 3 is 2.26 bits per heavy atom. The van der Waals surface area contributed by atoms with Gasteiger partial charge in [0.2, 0.25) is 10.0 Å². The monoisotopic (exact) mass is 430 g/mol. The maximum Gasteiger partial charge on any atom is 0.511 e. The lowest BCUT2D eigenvalue weighted by Gasteiger charge is -2.31. The predicted molar refractivity (Wildman–Crippen MR) is 91.0 cm³/mol. The molecule has 27 heavy (non-hydrogen) atoms. The number of nitrogens with one attached hydrogen (secondary N) is 1. The number of sulfonamides is 2. The van der Waals surface area contributed by atoms with Crippen LogP contribution in [0.15, 0.2) is 28.3 Å². The lowest BCUT2D eigenvalue weighted by molar-refractivity contribution is -0.0496. The number of nitrogens with zero attached hydrogens (tertiary/aromatic N) is 2. The number of nitroso groups, excluding NO2 is 1. The Morgan fingerprint density at radius 2 is 1.78 bits per heavy atom. The van der Waals surface area contributed by atoms with Crippen molar-refractivity contribution in [3.05, 3.63) is 23.1 Å². The van der Waals surface area contributed by atoms with Gasteiger partial charge in [-0.15, -0.1) is 4.91 Å². The van der Waals surface area contributed by atoms with Gasteiger partial charge in [0.15, 0.2) is 0 Å². The van der Waals surface area contributed by atoms with Crippen molar-refractivity contribution in [2.75, 3.05) is 25.0 Å². The summed E-state index contributed by atoms with van der Waals surface area (Å²) in [7, 11) is -9.33. The van der Waals surface area contributed by atoms with Crippen LogP contribution in [-0.2, 0) is 20.0 Å². The van der Waals surface area contributed by atoms with Gasteiger partial charge < -0.3 is 5.32 Å². The van der Waals surface area contributed by atoms with E-state index >= 15 is 0 Å². The smallest absolute Gasteiger partial charge is 0.383 e. The Bertz CT molecular complexity index is 910. The molecule has 152 valence electrons. The van der Waals surface area contributed by atoms with Crippen molar-refractivity contribution in [1.29, 1.82) is 0 Å². The lowest BCUT2D eigenvalue weighted by atomic mass is 9.98. The van der Waals surface area contributed by atoms with Crippen molar-refractivity contribution < 1.29 is 30.0 Å². The minimum atomic E-state index is -5.33. The molecule has 0 atom stereocenters. The predicted octanol–water partition coefficient (Wildman–Crippen LogP) is 1.71. The average Bonchev–Trinajstić information content (AvgIpc) is 2.58. The molecular formula is C13H17F3N4O5S2. The highest BCUT2D eigenvalue weighted by atomic mass is 32.2. The molecule has 0 aliphatic carbocycles. The minimum Gasteiger partial charge on any atom is -0.383 e. The van der Waals surface area contributed by atoms with Gasteiger partial charge in [-0.05, 0) is 42.1 Å². The molecule has 1 fully saturated rings. The fourth-order valence-electron chi connectivity index (χ4n) is 2.67. The molecule has 1 aromatic carbocycles. The zero-order valence-corrected chi connectivity index (χ0v) is 15.4. The summed E-state index contributed by atoms with van der Waals surface area (Å²) in [4.78, 5) is 10.6. The van der Waals surface area contributed by atoms with Crippen LogP contribution in [0.2, 0.25) is 0 Å². The number of alkyl halides is 3. The standard InChI is InChI=1S/C13H17F3N4O5S2/c14-13(15,16)27(24,25)20-5-3-9(4-6-20)8-18-11-2-1-10(26(17,22)23)7-12(11)19-21/h1-2,7,9,18H,3-6,8H2,(H2,17,22,23). The summed E-state index contributed by atoms with van der Waals surface area (Å²) in [5.41, 5.74) is -5.27. The van der Waals surface area contributed by atoms with Gasteiger partial charge in [-0.2, -0.15) is 17.5 Å². The van der Waals surface area contributed by atoms with E-state index in [0.717, 1.165) is 6.07 Å². The molecule has 0 unspecified atom stereocenters. The number of hydrogen-bond donors (Lipinski definition) is 2. The second-order valence-electron chi connectivity index (χ2n) is 5.99. The SMILES string of the molecule is NS(=O)(=O)c1ccc(NCC2CCN(S(=O)(=O)C(F)(F)F)CC2)c(N=O)c1. The van der Waals surface area contributed by atoms with Crippen LogP contribution in [0.3, 0.4) is 0 Å². The third-order valence-corrected chi connectivity index (χ3v) is 6.72. The van der Waals surface area contributed by atoms with Crippen molar-refractivity contribution in [2.24, 2.45) is 16.2 Å². The molecule has 14 heteroatoms. The Hall–Kier alpha value is -1.77. The fourth-order valence-corrected chi connectivity index (χ4v) is 4.19. The van der Waals surface area contributed by atoms with E-state index in [1.165, 1.54) is 12.1 Å². The average molecular weight is 430 g/mol. The van der Waals surface area contributed by atoms with Gasteiger partial charge in [0.05, 0.1) is 10.6 Å². The first kappa shape index (κ1) is 21.5. The van der Waals surface area contributed by atoms with Gasteiger partial charge in [0.1, 0.15) is 5.69 Å². The molecule has 0 saturated carbocycles. The highest BCUT2D eigenvalue weighted by Gasteiger charge is 2.50. The van der Waals surface area contributed by atoms with Gasteiger partial charge >= 0.3 is 15.5 Å². The van der Waals surface area contributed by atoms with Crippen molar-refractivity contribution in [3.8, 4) is 0 Å². The van der Waals surface area contributed by atoms with Gasteiger partial charge in [0.25, 0.3) is 0 Å². The second kappa shape index (κ2) is 7.69. The van der Waals surface area contributed by atoms with E-state index in [9.17, 15) is 34.9 Å². The van der Waals surface area contributed by atoms with Crippen molar-refractivity contribution in [2.45, 2.75) is 23.2 Å². The first-order chi connectivity index (χ1) is 12.4. The van der Waals surface area contributed by atoms with Gasteiger partial charge in [0, 0.05) is 19.6 Å². The largest absolute Gasteiger partial charge is 0.511 e. The third kappa shape index (κ3) is 4.94. The van der Waals surface area contributed by atoms with Gasteiger partial charge in [-0.1, -0.05) is 0 Å². The van der Waals surface area contributed by atoms with Crippen LogP contribution in [0.1, 0.15) is 12.8 Å². The van der Waals surface area contributed by atoms with E-state index in [2.05, 4.69) is 10.5 Å². The number of primary sulfonamides is 1. The van der Waals surface area contributed by atoms with E-state index in [1.807, 2.05) is 0 Å². The fraction of sp³-hybridized carbons (Fsp3) is 0.538. The molecule has 3 N–H and O–H groups in total. The molecular weight excluding hydrogens is 413 g/mol. The van der Waals surface area contributed by atoms with Crippen LogP contribution in [0.25, 0.3) is 0 Å². The number of piperidine rings is 1. The highest BCUT2D eigenvalue weighted by molar-refractivity contribution is 7.90. The number of nitrogens with two attached hydrogens (primary N) is 1. The molecule has 2 rings (SSSR count). The number of halogens is 3. The van der Waals surface area contributed by atoms with Crippen LogP contribution in [0.4, 0.5) is 24.5 Å². The van der Waals surface area contributed by atoms with Crippen LogP contribution in [-0.4, -0.2) is 46.3 Å². The summed E-state index contributed by atoms with van der Waals surface area (Å²) in [5, 5.41) is 10.6. The summed E-state index contributed by atoms with van der Waals surface area (Å²) in [5.74, 6) is -0.137. The maximum absolute atomic E-state index is 12.6. The molecule has 1 saturated heterocycles. The zero-order chi connectivity index (χ0) is 20.5. The lowest BCUT2D eigenvalue weighted by Crippen LogP contribution is -2.45. The molecule has 0 aromatic heterocycles. The van der Waals surface area contributed by atoms with Crippen LogP contribution in [0, 0.1) is 10.8 Å². The summed E-state index contributed by atoms with van der Waals surface area (Å²) < 4.78 is 83.4. The number of benzene rings is 1. The normalized spacial score (nSPS) is 17.6. The summed E-state index contributed by atoms with van der Waals surface area (Å²) >= 11 is 0. The molecule has 0 amide bonds. The summed E-state index contributed by atoms with van der Waals surface area (Å²) in [6.07, 6.45) is 0.392. The molecule has 1 aromatic rings. The molecule has 1 aliphatic heterocycles. The Balaban J connectivity index is 1.99. The molecule has 1 aliphatic rings. The van der Waals surface area contributed by atoms with E-state index in [-0.39, 0.29) is 54.7 Å². The number of hydrogen-bond acceptors (Lipinski definition) is 7.